The van der Waals surface area contributed by atoms with Gasteiger partial charge in [-0.3, -0.25) is 0 Å². The van der Waals surface area contributed by atoms with E-state index in [4.69, 9.17) is 17.3 Å². The zero-order valence-electron chi connectivity index (χ0n) is 9.76. The van der Waals surface area contributed by atoms with E-state index in [1.165, 1.54) is 18.9 Å². The first kappa shape index (κ1) is 12.7. The van der Waals surface area contributed by atoms with Crippen LogP contribution in [0.15, 0.2) is 18.2 Å². The highest BCUT2D eigenvalue weighted by molar-refractivity contribution is 6.30. The fraction of sp³-hybridized carbons (Fsp3) is 0.538. The zero-order valence-corrected chi connectivity index (χ0v) is 10.5. The summed E-state index contributed by atoms with van der Waals surface area (Å²) < 4.78 is 13.6. The van der Waals surface area contributed by atoms with Gasteiger partial charge in [-0.25, -0.2) is 4.39 Å². The zero-order chi connectivity index (χ0) is 12.3. The van der Waals surface area contributed by atoms with Crippen molar-refractivity contribution in [2.45, 2.75) is 31.7 Å². The second-order valence-corrected chi connectivity index (χ2v) is 5.09. The highest BCUT2D eigenvalue weighted by Gasteiger charge is 2.24. The van der Waals surface area contributed by atoms with Crippen molar-refractivity contribution in [1.29, 1.82) is 0 Å². The lowest BCUT2D eigenvalue weighted by molar-refractivity contribution is 0.332. The van der Waals surface area contributed by atoms with Crippen molar-refractivity contribution >= 4 is 17.3 Å². The molecule has 94 valence electrons. The molecule has 0 aromatic heterocycles. The molecule has 1 aliphatic rings. The summed E-state index contributed by atoms with van der Waals surface area (Å²) >= 11 is 5.87. The Bertz CT molecular complexity index is 384. The Kier molecular flexibility index (Phi) is 4.24. The van der Waals surface area contributed by atoms with Crippen LogP contribution in [0.5, 0.6) is 0 Å². The van der Waals surface area contributed by atoms with Gasteiger partial charge in [0.15, 0.2) is 0 Å². The fourth-order valence-electron chi connectivity index (χ4n) is 2.49. The Labute approximate surface area is 106 Å². The van der Waals surface area contributed by atoms with Gasteiger partial charge >= 0.3 is 0 Å². The molecule has 0 spiro atoms. The van der Waals surface area contributed by atoms with Gasteiger partial charge in [0.25, 0.3) is 0 Å². The van der Waals surface area contributed by atoms with Gasteiger partial charge in [-0.2, -0.15) is 0 Å². The van der Waals surface area contributed by atoms with E-state index in [9.17, 15) is 4.39 Å². The van der Waals surface area contributed by atoms with Crippen LogP contribution in [-0.4, -0.2) is 12.6 Å². The van der Waals surface area contributed by atoms with Crippen LogP contribution < -0.4 is 11.1 Å². The van der Waals surface area contributed by atoms with Crippen molar-refractivity contribution in [2.75, 3.05) is 11.9 Å². The molecule has 1 aromatic rings. The molecule has 0 bridgehead atoms. The number of rotatable bonds is 3. The summed E-state index contributed by atoms with van der Waals surface area (Å²) in [5.41, 5.74) is 6.24. The van der Waals surface area contributed by atoms with Crippen LogP contribution in [0, 0.1) is 11.7 Å². The molecule has 0 aliphatic heterocycles. The third kappa shape index (κ3) is 3.11. The van der Waals surface area contributed by atoms with Gasteiger partial charge in [0.05, 0.1) is 5.69 Å². The van der Waals surface area contributed by atoms with Crippen LogP contribution in [-0.2, 0) is 0 Å². The normalized spacial score (nSPS) is 24.6. The summed E-state index contributed by atoms with van der Waals surface area (Å²) in [5, 5.41) is 3.80. The van der Waals surface area contributed by atoms with E-state index in [1.54, 1.807) is 12.1 Å². The Balaban J connectivity index is 2.10. The van der Waals surface area contributed by atoms with E-state index in [1.807, 2.05) is 0 Å². The average molecular weight is 257 g/mol. The molecule has 17 heavy (non-hydrogen) atoms. The van der Waals surface area contributed by atoms with E-state index in [-0.39, 0.29) is 11.9 Å². The molecule has 1 fully saturated rings. The van der Waals surface area contributed by atoms with Crippen LogP contribution >= 0.6 is 11.6 Å². The second kappa shape index (κ2) is 5.69. The van der Waals surface area contributed by atoms with Crippen molar-refractivity contribution in [2.24, 2.45) is 11.7 Å². The first-order valence-electron chi connectivity index (χ1n) is 6.12. The smallest absolute Gasteiger partial charge is 0.146 e. The molecular weight excluding hydrogens is 239 g/mol. The monoisotopic (exact) mass is 256 g/mol. The lowest BCUT2D eigenvalue weighted by Crippen LogP contribution is -2.36. The Hall–Kier alpha value is -0.800. The summed E-state index contributed by atoms with van der Waals surface area (Å²) in [4.78, 5) is 0. The maximum atomic E-state index is 13.6. The predicted molar refractivity (Wildman–Crippen MR) is 69.8 cm³/mol. The minimum Gasteiger partial charge on any atom is -0.380 e. The van der Waals surface area contributed by atoms with Crippen molar-refractivity contribution in [3.63, 3.8) is 0 Å². The van der Waals surface area contributed by atoms with Gasteiger partial charge in [-0.15, -0.1) is 0 Å². The van der Waals surface area contributed by atoms with E-state index in [0.29, 0.717) is 23.2 Å². The number of hydrogen-bond donors (Lipinski definition) is 2. The number of benzene rings is 1. The molecule has 2 atom stereocenters. The Morgan fingerprint density at radius 1 is 1.35 bits per heavy atom. The van der Waals surface area contributed by atoms with Crippen molar-refractivity contribution < 1.29 is 4.39 Å². The van der Waals surface area contributed by atoms with E-state index in [2.05, 4.69) is 5.32 Å². The van der Waals surface area contributed by atoms with Crippen LogP contribution in [0.4, 0.5) is 10.1 Å². The SMILES string of the molecule is NCC1CCCCC1Nc1cc(Cl)ccc1F. The molecule has 3 N–H and O–H groups in total. The van der Waals surface area contributed by atoms with Crippen LogP contribution in [0.1, 0.15) is 25.7 Å². The van der Waals surface area contributed by atoms with Crippen LogP contribution in [0.25, 0.3) is 0 Å². The van der Waals surface area contributed by atoms with Crippen molar-refractivity contribution in [1.82, 2.24) is 0 Å². The highest BCUT2D eigenvalue weighted by atomic mass is 35.5. The standard InChI is InChI=1S/C13H18ClFN2/c14-10-5-6-11(15)13(7-10)17-12-4-2-1-3-9(12)8-16/h5-7,9,12,17H,1-4,8,16H2. The van der Waals surface area contributed by atoms with Gasteiger partial charge in [-0.05, 0) is 43.5 Å². The number of halogens is 2. The Morgan fingerprint density at radius 2 is 2.12 bits per heavy atom. The van der Waals surface area contributed by atoms with Gasteiger partial charge in [-0.1, -0.05) is 24.4 Å². The summed E-state index contributed by atoms with van der Waals surface area (Å²) in [6.45, 7) is 0.653. The molecule has 1 aliphatic carbocycles. The lowest BCUT2D eigenvalue weighted by Gasteiger charge is -2.32. The van der Waals surface area contributed by atoms with E-state index >= 15 is 0 Å². The first-order valence-corrected chi connectivity index (χ1v) is 6.50. The predicted octanol–water partition coefficient (Wildman–Crippen LogP) is 3.41. The molecular formula is C13H18ClFN2. The lowest BCUT2D eigenvalue weighted by atomic mass is 9.84. The molecule has 1 aromatic carbocycles. The van der Waals surface area contributed by atoms with Crippen molar-refractivity contribution in [3.05, 3.63) is 29.0 Å². The molecule has 0 heterocycles. The average Bonchev–Trinajstić information content (AvgIpc) is 2.34. The number of nitrogens with one attached hydrogen (secondary N) is 1. The minimum atomic E-state index is -0.254. The second-order valence-electron chi connectivity index (χ2n) is 4.66. The van der Waals surface area contributed by atoms with Gasteiger partial charge in [0, 0.05) is 11.1 Å². The first-order chi connectivity index (χ1) is 8.20. The molecule has 0 amide bonds. The molecule has 0 radical (unpaired) electrons. The number of nitrogens with two attached hydrogens (primary N) is 1. The number of anilines is 1. The molecule has 0 saturated heterocycles. The van der Waals surface area contributed by atoms with Crippen LogP contribution in [0.3, 0.4) is 0 Å². The topological polar surface area (TPSA) is 38.0 Å². The molecule has 2 nitrogen and oxygen atoms in total. The van der Waals surface area contributed by atoms with Crippen molar-refractivity contribution in [3.8, 4) is 0 Å². The fourth-order valence-corrected chi connectivity index (χ4v) is 2.66. The largest absolute Gasteiger partial charge is 0.380 e. The highest BCUT2D eigenvalue weighted by Crippen LogP contribution is 2.28. The molecule has 2 rings (SSSR count). The number of hydrogen-bond acceptors (Lipinski definition) is 2. The maximum absolute atomic E-state index is 13.6. The third-order valence-corrected chi connectivity index (χ3v) is 3.72. The maximum Gasteiger partial charge on any atom is 0.146 e. The molecule has 4 heteroatoms. The summed E-state index contributed by atoms with van der Waals surface area (Å²) in [7, 11) is 0. The Morgan fingerprint density at radius 3 is 2.88 bits per heavy atom. The summed E-state index contributed by atoms with van der Waals surface area (Å²) in [5.74, 6) is 0.179. The van der Waals surface area contributed by atoms with Gasteiger partial charge in [0.2, 0.25) is 0 Å². The van der Waals surface area contributed by atoms with E-state index in [0.717, 1.165) is 12.8 Å². The third-order valence-electron chi connectivity index (χ3n) is 3.48. The molecule has 1 saturated carbocycles. The minimum absolute atomic E-state index is 0.254. The van der Waals surface area contributed by atoms with Gasteiger partial charge in [0.1, 0.15) is 5.82 Å². The molecule has 2 unspecified atom stereocenters. The van der Waals surface area contributed by atoms with E-state index < -0.39 is 0 Å². The van der Waals surface area contributed by atoms with Gasteiger partial charge < -0.3 is 11.1 Å². The summed E-state index contributed by atoms with van der Waals surface area (Å²) in [6.07, 6.45) is 4.57. The summed E-state index contributed by atoms with van der Waals surface area (Å²) in [6, 6.07) is 4.86. The quantitative estimate of drug-likeness (QED) is 0.870. The van der Waals surface area contributed by atoms with Crippen LogP contribution in [0.2, 0.25) is 5.02 Å².